The minimum atomic E-state index is -0.239. The predicted octanol–water partition coefficient (Wildman–Crippen LogP) is 3.64. The Morgan fingerprint density at radius 3 is 2.29 bits per heavy atom. The van der Waals surface area contributed by atoms with Crippen LogP contribution in [0.2, 0.25) is 0 Å². The van der Waals surface area contributed by atoms with E-state index in [0.29, 0.717) is 5.13 Å². The van der Waals surface area contributed by atoms with E-state index < -0.39 is 0 Å². The molecule has 7 heteroatoms. The van der Waals surface area contributed by atoms with Crippen LogP contribution in [0.15, 0.2) is 18.2 Å². The zero-order chi connectivity index (χ0) is 17.7. The zero-order valence-corrected chi connectivity index (χ0v) is 15.2. The summed E-state index contributed by atoms with van der Waals surface area (Å²) in [5, 5.41) is 14.8. The normalized spacial score (nSPS) is 10.7. The Labute approximate surface area is 145 Å². The van der Waals surface area contributed by atoms with E-state index in [1.807, 2.05) is 45.9 Å². The quantitative estimate of drug-likeness (QED) is 0.836. The van der Waals surface area contributed by atoms with Crippen LogP contribution < -0.4 is 10.6 Å². The van der Waals surface area contributed by atoms with Gasteiger partial charge in [-0.25, -0.2) is 0 Å². The van der Waals surface area contributed by atoms with Crippen LogP contribution >= 0.6 is 11.3 Å². The van der Waals surface area contributed by atoms with E-state index in [2.05, 4.69) is 20.8 Å². The lowest BCUT2D eigenvalue weighted by atomic mass is 10.1. The van der Waals surface area contributed by atoms with Gasteiger partial charge in [0.1, 0.15) is 5.01 Å². The number of aromatic nitrogens is 2. The highest BCUT2D eigenvalue weighted by atomic mass is 32.1. The third-order valence-corrected chi connectivity index (χ3v) is 4.69. The topological polar surface area (TPSA) is 84.0 Å². The molecule has 0 bridgehead atoms. The van der Waals surface area contributed by atoms with Crippen molar-refractivity contribution in [3.8, 4) is 0 Å². The first-order chi connectivity index (χ1) is 11.3. The van der Waals surface area contributed by atoms with E-state index in [9.17, 15) is 9.59 Å². The van der Waals surface area contributed by atoms with Gasteiger partial charge in [-0.05, 0) is 37.1 Å². The molecule has 0 spiro atoms. The van der Waals surface area contributed by atoms with Gasteiger partial charge in [0.2, 0.25) is 16.9 Å². The number of carbonyl (C=O) groups is 2. The molecule has 0 atom stereocenters. The summed E-state index contributed by atoms with van der Waals surface area (Å²) >= 11 is 1.35. The molecule has 6 nitrogen and oxygen atoms in total. The Balaban J connectivity index is 1.80. The molecular weight excluding hydrogens is 324 g/mol. The van der Waals surface area contributed by atoms with Crippen LogP contribution in [0.25, 0.3) is 0 Å². The highest BCUT2D eigenvalue weighted by Gasteiger charge is 2.12. The van der Waals surface area contributed by atoms with Crippen LogP contribution in [-0.4, -0.2) is 22.0 Å². The number of hydrogen-bond donors (Lipinski definition) is 2. The van der Waals surface area contributed by atoms with Gasteiger partial charge in [0.25, 0.3) is 0 Å². The first-order valence-corrected chi connectivity index (χ1v) is 8.67. The van der Waals surface area contributed by atoms with Crippen LogP contribution in [0.4, 0.5) is 10.8 Å². The van der Waals surface area contributed by atoms with Gasteiger partial charge in [-0.2, -0.15) is 0 Å². The molecule has 2 amide bonds. The molecule has 0 radical (unpaired) electrons. The number of rotatable bonds is 6. The molecule has 1 aromatic heterocycles. The monoisotopic (exact) mass is 346 g/mol. The van der Waals surface area contributed by atoms with Crippen molar-refractivity contribution in [2.75, 3.05) is 10.6 Å². The largest absolute Gasteiger partial charge is 0.326 e. The molecule has 0 saturated carbocycles. The summed E-state index contributed by atoms with van der Waals surface area (Å²) in [6.45, 7) is 8.04. The number of hydrogen-bond acceptors (Lipinski definition) is 5. The minimum Gasteiger partial charge on any atom is -0.326 e. The van der Waals surface area contributed by atoms with Crippen molar-refractivity contribution in [3.05, 3.63) is 34.3 Å². The zero-order valence-electron chi connectivity index (χ0n) is 14.3. The maximum absolute atomic E-state index is 11.9. The Bertz CT molecular complexity index is 740. The highest BCUT2D eigenvalue weighted by molar-refractivity contribution is 7.15. The van der Waals surface area contributed by atoms with Gasteiger partial charge in [0.15, 0.2) is 0 Å². The Kier molecular flexibility index (Phi) is 6.03. The lowest BCUT2D eigenvalue weighted by Crippen LogP contribution is -2.17. The Morgan fingerprint density at radius 1 is 1.04 bits per heavy atom. The number of nitrogens with zero attached hydrogens (tertiary/aromatic N) is 2. The molecule has 0 saturated heterocycles. The summed E-state index contributed by atoms with van der Waals surface area (Å²) in [7, 11) is 0. The van der Waals surface area contributed by atoms with Gasteiger partial charge in [-0.3, -0.25) is 9.59 Å². The molecule has 2 aromatic rings. The summed E-state index contributed by atoms with van der Waals surface area (Å²) in [6.07, 6.45) is 0.224. The van der Waals surface area contributed by atoms with Crippen molar-refractivity contribution in [2.45, 2.75) is 46.5 Å². The van der Waals surface area contributed by atoms with Crippen LogP contribution in [0.3, 0.4) is 0 Å². The van der Waals surface area contributed by atoms with E-state index in [1.165, 1.54) is 16.9 Å². The Morgan fingerprint density at radius 2 is 1.71 bits per heavy atom. The maximum atomic E-state index is 11.9. The summed E-state index contributed by atoms with van der Waals surface area (Å²) < 4.78 is 0. The van der Waals surface area contributed by atoms with Gasteiger partial charge in [-0.15, -0.1) is 10.2 Å². The predicted molar refractivity (Wildman–Crippen MR) is 96.4 cm³/mol. The lowest BCUT2D eigenvalue weighted by Gasteiger charge is -2.07. The van der Waals surface area contributed by atoms with Crippen molar-refractivity contribution in [1.82, 2.24) is 10.2 Å². The molecule has 0 aliphatic heterocycles. The van der Waals surface area contributed by atoms with Crippen LogP contribution in [-0.2, 0) is 9.59 Å². The first kappa shape index (κ1) is 18.1. The van der Waals surface area contributed by atoms with E-state index in [1.54, 1.807) is 0 Å². The number of carbonyl (C=O) groups excluding carboxylic acids is 2. The van der Waals surface area contributed by atoms with Gasteiger partial charge in [-0.1, -0.05) is 31.3 Å². The number of aryl methyl sites for hydroxylation is 2. The van der Waals surface area contributed by atoms with Crippen molar-refractivity contribution in [1.29, 1.82) is 0 Å². The molecule has 0 fully saturated rings. The first-order valence-electron chi connectivity index (χ1n) is 7.85. The fourth-order valence-electron chi connectivity index (χ4n) is 1.97. The van der Waals surface area contributed by atoms with Gasteiger partial charge < -0.3 is 10.6 Å². The summed E-state index contributed by atoms with van der Waals surface area (Å²) in [4.78, 5) is 23.8. The second-order valence-corrected chi connectivity index (χ2v) is 7.00. The second kappa shape index (κ2) is 8.01. The molecule has 2 N–H and O–H groups in total. The summed E-state index contributed by atoms with van der Waals surface area (Å²) in [5.41, 5.74) is 3.03. The molecule has 1 aromatic carbocycles. The average Bonchev–Trinajstić information content (AvgIpc) is 2.98. The third-order valence-electron chi connectivity index (χ3n) is 3.55. The molecule has 0 aliphatic carbocycles. The SMILES string of the molecule is Cc1ccc(NC(=O)CCC(=O)Nc2nnc(C(C)C)s2)cc1C. The van der Waals surface area contributed by atoms with E-state index in [0.717, 1.165) is 16.3 Å². The van der Waals surface area contributed by atoms with Crippen molar-refractivity contribution in [2.24, 2.45) is 0 Å². The molecule has 128 valence electrons. The van der Waals surface area contributed by atoms with Crippen molar-refractivity contribution < 1.29 is 9.59 Å². The minimum absolute atomic E-state index is 0.104. The number of amides is 2. The molecule has 2 rings (SSSR count). The fraction of sp³-hybridized carbons (Fsp3) is 0.412. The van der Waals surface area contributed by atoms with Crippen LogP contribution in [0.5, 0.6) is 0 Å². The maximum Gasteiger partial charge on any atom is 0.226 e. The van der Waals surface area contributed by atoms with Gasteiger partial charge in [0, 0.05) is 24.4 Å². The molecule has 0 aliphatic rings. The summed E-state index contributed by atoms with van der Waals surface area (Å²) in [5.74, 6) is -0.151. The lowest BCUT2D eigenvalue weighted by molar-refractivity contribution is -0.121. The molecule has 1 heterocycles. The van der Waals surface area contributed by atoms with Gasteiger partial charge >= 0.3 is 0 Å². The smallest absolute Gasteiger partial charge is 0.226 e. The van der Waals surface area contributed by atoms with Gasteiger partial charge in [0.05, 0.1) is 0 Å². The van der Waals surface area contributed by atoms with Crippen LogP contribution in [0.1, 0.15) is 48.7 Å². The number of benzene rings is 1. The summed E-state index contributed by atoms with van der Waals surface area (Å²) in [6, 6.07) is 5.73. The molecule has 24 heavy (non-hydrogen) atoms. The second-order valence-electron chi connectivity index (χ2n) is 6.00. The van der Waals surface area contributed by atoms with E-state index in [4.69, 9.17) is 0 Å². The number of anilines is 2. The molecule has 0 unspecified atom stereocenters. The highest BCUT2D eigenvalue weighted by Crippen LogP contribution is 2.22. The van der Waals surface area contributed by atoms with Crippen molar-refractivity contribution in [3.63, 3.8) is 0 Å². The Hall–Kier alpha value is -2.28. The fourth-order valence-corrected chi connectivity index (χ4v) is 2.73. The van der Waals surface area contributed by atoms with Crippen molar-refractivity contribution >= 4 is 34.0 Å². The van der Waals surface area contributed by atoms with E-state index in [-0.39, 0.29) is 30.6 Å². The number of nitrogens with one attached hydrogen (secondary N) is 2. The van der Waals surface area contributed by atoms with E-state index >= 15 is 0 Å². The van der Waals surface area contributed by atoms with Crippen LogP contribution in [0, 0.1) is 13.8 Å². The average molecular weight is 346 g/mol. The standard InChI is InChI=1S/C17H22N4O2S/c1-10(2)16-20-21-17(24-16)19-15(23)8-7-14(22)18-13-6-5-11(3)12(4)9-13/h5-6,9-10H,7-8H2,1-4H3,(H,18,22)(H,19,21,23). The third kappa shape index (κ3) is 5.13. The molecular formula is C17H22N4O2S.